The number of fused-ring (bicyclic) bond motifs is 1. The Morgan fingerprint density at radius 1 is 1.20 bits per heavy atom. The maximum atomic E-state index is 12.3. The lowest BCUT2D eigenvalue weighted by Gasteiger charge is -2.26. The van der Waals surface area contributed by atoms with E-state index in [1.807, 2.05) is 17.5 Å². The number of hydrogen-bond acceptors (Lipinski definition) is 6. The first-order valence-corrected chi connectivity index (χ1v) is 9.52. The molecule has 0 spiro atoms. The van der Waals surface area contributed by atoms with Gasteiger partial charge in [0, 0.05) is 37.6 Å². The topological polar surface area (TPSA) is 57.2 Å². The number of amidine groups is 1. The number of carbonyl (C=O) groups excluding carboxylic acids is 1. The first kappa shape index (κ1) is 16.6. The van der Waals surface area contributed by atoms with Crippen molar-refractivity contribution >= 4 is 28.5 Å². The third-order valence-corrected chi connectivity index (χ3v) is 5.49. The number of hydrogen-bond donors (Lipinski definition) is 1. The summed E-state index contributed by atoms with van der Waals surface area (Å²) in [6.45, 7) is 6.22. The maximum absolute atomic E-state index is 12.3. The molecule has 132 valence electrons. The van der Waals surface area contributed by atoms with Gasteiger partial charge in [0.2, 0.25) is 5.91 Å². The molecule has 0 saturated carbocycles. The molecule has 1 aromatic carbocycles. The summed E-state index contributed by atoms with van der Waals surface area (Å²) in [6, 6.07) is 8.13. The number of benzene rings is 1. The Morgan fingerprint density at radius 2 is 2.00 bits per heavy atom. The van der Waals surface area contributed by atoms with Crippen LogP contribution in [0.4, 0.5) is 5.69 Å². The zero-order chi connectivity index (χ0) is 17.1. The summed E-state index contributed by atoms with van der Waals surface area (Å²) in [7, 11) is 0. The highest BCUT2D eigenvalue weighted by Crippen LogP contribution is 2.30. The van der Waals surface area contributed by atoms with Crippen LogP contribution in [-0.4, -0.2) is 60.3 Å². The van der Waals surface area contributed by atoms with E-state index in [-0.39, 0.29) is 5.91 Å². The lowest BCUT2D eigenvalue weighted by atomic mass is 10.2. The van der Waals surface area contributed by atoms with Crippen LogP contribution in [0.25, 0.3) is 0 Å². The second-order valence-electron chi connectivity index (χ2n) is 6.35. The van der Waals surface area contributed by atoms with E-state index in [0.29, 0.717) is 6.42 Å². The van der Waals surface area contributed by atoms with E-state index >= 15 is 0 Å². The van der Waals surface area contributed by atoms with E-state index in [1.54, 1.807) is 11.8 Å². The van der Waals surface area contributed by atoms with Crippen molar-refractivity contribution in [2.24, 2.45) is 4.99 Å². The van der Waals surface area contributed by atoms with Crippen LogP contribution < -0.4 is 5.32 Å². The highest BCUT2D eigenvalue weighted by Gasteiger charge is 2.27. The van der Waals surface area contributed by atoms with Crippen LogP contribution in [-0.2, 0) is 16.1 Å². The molecule has 0 aliphatic carbocycles. The number of nitrogens with zero attached hydrogens (tertiary/aromatic N) is 3. The van der Waals surface area contributed by atoms with Crippen molar-refractivity contribution in [1.29, 1.82) is 0 Å². The molecule has 4 rings (SSSR count). The predicted octanol–water partition coefficient (Wildman–Crippen LogP) is 2.11. The second kappa shape index (κ2) is 7.59. The number of aliphatic imine (C=N–C) groups is 1. The van der Waals surface area contributed by atoms with Crippen molar-refractivity contribution in [3.8, 4) is 0 Å². The van der Waals surface area contributed by atoms with Crippen LogP contribution in [0.5, 0.6) is 0 Å². The lowest BCUT2D eigenvalue weighted by molar-refractivity contribution is -0.115. The van der Waals surface area contributed by atoms with Crippen LogP contribution in [0, 0.1) is 0 Å². The number of ether oxygens (including phenoxy) is 1. The molecular formula is C18H22N4O2S. The van der Waals surface area contributed by atoms with E-state index in [0.717, 1.165) is 62.5 Å². The Bertz CT molecular complexity index is 696. The normalized spacial score (nSPS) is 20.2. The van der Waals surface area contributed by atoms with Gasteiger partial charge in [0.1, 0.15) is 0 Å². The molecule has 1 aromatic rings. The lowest BCUT2D eigenvalue weighted by Crippen LogP contribution is -2.35. The fourth-order valence-electron chi connectivity index (χ4n) is 3.20. The van der Waals surface area contributed by atoms with E-state index < -0.39 is 0 Å². The molecule has 0 atom stereocenters. The Labute approximate surface area is 151 Å². The van der Waals surface area contributed by atoms with Gasteiger partial charge in [0.25, 0.3) is 0 Å². The van der Waals surface area contributed by atoms with E-state index in [2.05, 4.69) is 32.2 Å². The predicted molar refractivity (Wildman–Crippen MR) is 100 cm³/mol. The molecule has 25 heavy (non-hydrogen) atoms. The molecule has 1 amide bonds. The van der Waals surface area contributed by atoms with Crippen molar-refractivity contribution < 1.29 is 9.53 Å². The number of nitrogens with one attached hydrogen (secondary N) is 1. The third kappa shape index (κ3) is 4.05. The molecule has 7 heteroatoms. The summed E-state index contributed by atoms with van der Waals surface area (Å²) < 4.78 is 5.37. The molecule has 1 N–H and O–H groups in total. The van der Waals surface area contributed by atoms with Crippen LogP contribution in [0.2, 0.25) is 0 Å². The molecule has 1 fully saturated rings. The SMILES string of the molecule is O=C(CC1=CSC2=NCCN12)Nc1ccc(CN2CCOCC2)cc1. The van der Waals surface area contributed by atoms with E-state index in [4.69, 9.17) is 4.74 Å². The van der Waals surface area contributed by atoms with Gasteiger partial charge in [-0.25, -0.2) is 0 Å². The van der Waals surface area contributed by atoms with Gasteiger partial charge >= 0.3 is 0 Å². The number of carbonyl (C=O) groups is 1. The number of thioether (sulfide) groups is 1. The highest BCUT2D eigenvalue weighted by molar-refractivity contribution is 8.16. The van der Waals surface area contributed by atoms with Crippen molar-refractivity contribution in [2.45, 2.75) is 13.0 Å². The number of rotatable bonds is 5. The van der Waals surface area contributed by atoms with Gasteiger partial charge in [-0.3, -0.25) is 14.7 Å². The maximum Gasteiger partial charge on any atom is 0.230 e. The fraction of sp³-hybridized carbons (Fsp3) is 0.444. The van der Waals surface area contributed by atoms with E-state index in [9.17, 15) is 4.79 Å². The van der Waals surface area contributed by atoms with Crippen molar-refractivity contribution in [2.75, 3.05) is 44.7 Å². The fourth-order valence-corrected chi connectivity index (χ4v) is 4.15. The van der Waals surface area contributed by atoms with Crippen LogP contribution in [0.15, 0.2) is 40.4 Å². The molecule has 0 aromatic heterocycles. The van der Waals surface area contributed by atoms with Crippen molar-refractivity contribution in [3.63, 3.8) is 0 Å². The van der Waals surface area contributed by atoms with Crippen molar-refractivity contribution in [1.82, 2.24) is 9.80 Å². The van der Waals surface area contributed by atoms with Gasteiger partial charge in [0.15, 0.2) is 5.17 Å². The van der Waals surface area contributed by atoms with Gasteiger partial charge in [-0.2, -0.15) is 0 Å². The summed E-state index contributed by atoms with van der Waals surface area (Å²) in [5.74, 6) is 0.0147. The Hall–Kier alpha value is -1.83. The van der Waals surface area contributed by atoms with Gasteiger partial charge in [-0.1, -0.05) is 23.9 Å². The van der Waals surface area contributed by atoms with Crippen LogP contribution >= 0.6 is 11.8 Å². The number of amides is 1. The summed E-state index contributed by atoms with van der Waals surface area (Å²) in [5.41, 5.74) is 3.15. The second-order valence-corrected chi connectivity index (χ2v) is 7.19. The molecular weight excluding hydrogens is 336 g/mol. The highest BCUT2D eigenvalue weighted by atomic mass is 32.2. The third-order valence-electron chi connectivity index (χ3n) is 4.54. The van der Waals surface area contributed by atoms with Crippen molar-refractivity contribution in [3.05, 3.63) is 40.9 Å². The molecule has 0 unspecified atom stereocenters. The average molecular weight is 358 g/mol. The molecule has 3 aliphatic heterocycles. The molecule has 0 bridgehead atoms. The minimum atomic E-state index is 0.0147. The monoisotopic (exact) mass is 358 g/mol. The van der Waals surface area contributed by atoms with Crippen LogP contribution in [0.1, 0.15) is 12.0 Å². The molecule has 1 saturated heterocycles. The zero-order valence-corrected chi connectivity index (χ0v) is 14.9. The molecule has 0 radical (unpaired) electrons. The molecule has 3 aliphatic rings. The average Bonchev–Trinajstić information content (AvgIpc) is 3.23. The number of anilines is 1. The Morgan fingerprint density at radius 3 is 2.80 bits per heavy atom. The molecule has 3 heterocycles. The summed E-state index contributed by atoms with van der Waals surface area (Å²) in [4.78, 5) is 21.2. The summed E-state index contributed by atoms with van der Waals surface area (Å²) in [5, 5.41) is 6.04. The molecule has 6 nitrogen and oxygen atoms in total. The summed E-state index contributed by atoms with van der Waals surface area (Å²) >= 11 is 1.61. The number of morpholine rings is 1. The Balaban J connectivity index is 1.29. The van der Waals surface area contributed by atoms with Gasteiger partial charge in [-0.15, -0.1) is 0 Å². The van der Waals surface area contributed by atoms with Gasteiger partial charge in [-0.05, 0) is 23.1 Å². The van der Waals surface area contributed by atoms with Gasteiger partial charge < -0.3 is 15.0 Å². The first-order valence-electron chi connectivity index (χ1n) is 8.64. The minimum absolute atomic E-state index is 0.0147. The quantitative estimate of drug-likeness (QED) is 0.874. The van der Waals surface area contributed by atoms with E-state index in [1.165, 1.54) is 5.56 Å². The zero-order valence-electron chi connectivity index (χ0n) is 14.1. The van der Waals surface area contributed by atoms with Crippen LogP contribution in [0.3, 0.4) is 0 Å². The smallest absolute Gasteiger partial charge is 0.230 e. The van der Waals surface area contributed by atoms with Gasteiger partial charge in [0.05, 0.1) is 26.2 Å². The Kier molecular flexibility index (Phi) is 5.05. The largest absolute Gasteiger partial charge is 0.379 e. The summed E-state index contributed by atoms with van der Waals surface area (Å²) in [6.07, 6.45) is 0.390. The first-order chi connectivity index (χ1) is 12.3. The minimum Gasteiger partial charge on any atom is -0.379 e. The standard InChI is InChI=1S/C18H22N4O2S/c23-17(11-16-13-25-18-19-5-6-22(16)18)20-15-3-1-14(2-4-15)12-21-7-9-24-10-8-21/h1-4,13H,5-12H2,(H,20,23).